The smallest absolute Gasteiger partial charge is 0.348 e. The van der Waals surface area contributed by atoms with E-state index in [-0.39, 0.29) is 29.1 Å². The highest BCUT2D eigenvalue weighted by molar-refractivity contribution is 7.91. The van der Waals surface area contributed by atoms with Crippen LogP contribution in [0.5, 0.6) is 0 Å². The quantitative estimate of drug-likeness (QED) is 0.172. The Bertz CT molecular complexity index is 1860. The molecule has 0 bridgehead atoms. The predicted octanol–water partition coefficient (Wildman–Crippen LogP) is 6.69. The number of sulfonamides is 1. The summed E-state index contributed by atoms with van der Waals surface area (Å²) in [5.41, 5.74) is 0.766. The van der Waals surface area contributed by atoms with Gasteiger partial charge in [-0.1, -0.05) is 48.5 Å². The lowest BCUT2D eigenvalue weighted by Crippen LogP contribution is -2.62. The Kier molecular flexibility index (Phi) is 8.28. The van der Waals surface area contributed by atoms with Gasteiger partial charge in [0.05, 0.1) is 11.0 Å². The van der Waals surface area contributed by atoms with E-state index in [0.29, 0.717) is 31.6 Å². The molecule has 2 atom stereocenters. The van der Waals surface area contributed by atoms with E-state index < -0.39 is 48.8 Å². The van der Waals surface area contributed by atoms with Crippen molar-refractivity contribution in [2.75, 3.05) is 13.1 Å². The molecule has 2 unspecified atom stereocenters. The number of piperidine rings is 1. The summed E-state index contributed by atoms with van der Waals surface area (Å²) in [6.45, 7) is 2.98. The number of rotatable bonds is 7. The van der Waals surface area contributed by atoms with Crippen molar-refractivity contribution in [3.63, 3.8) is 0 Å². The molecule has 46 heavy (non-hydrogen) atoms. The predicted molar refractivity (Wildman–Crippen MR) is 168 cm³/mol. The largest absolute Gasteiger partial charge is 0.416 e. The van der Waals surface area contributed by atoms with Crippen molar-refractivity contribution in [3.8, 4) is 0 Å². The minimum Gasteiger partial charge on any atom is -0.348 e. The third kappa shape index (κ3) is 5.30. The summed E-state index contributed by atoms with van der Waals surface area (Å²) in [6, 6.07) is 23.7. The molecule has 4 aromatic rings. The molecular formula is C35H34F4N3O3S+. The minimum absolute atomic E-state index is 0.0150. The highest BCUT2D eigenvalue weighted by atomic mass is 32.2. The fourth-order valence-electron chi connectivity index (χ4n) is 7.32. The number of halogens is 4. The third-order valence-electron chi connectivity index (χ3n) is 9.69. The number of quaternary nitrogens is 1. The van der Waals surface area contributed by atoms with Crippen molar-refractivity contribution in [1.29, 1.82) is 0 Å². The topological polar surface area (TPSA) is 75.3 Å². The van der Waals surface area contributed by atoms with E-state index in [9.17, 15) is 30.8 Å². The van der Waals surface area contributed by atoms with Crippen LogP contribution in [0.15, 0.2) is 102 Å². The number of alkyl halides is 3. The summed E-state index contributed by atoms with van der Waals surface area (Å²) in [5, 5.41) is 6.00. The average Bonchev–Trinajstić information content (AvgIpc) is 3.24. The van der Waals surface area contributed by atoms with Crippen molar-refractivity contribution in [1.82, 2.24) is 14.5 Å². The van der Waals surface area contributed by atoms with Crippen LogP contribution in [0.1, 0.15) is 52.4 Å². The van der Waals surface area contributed by atoms with Crippen LogP contribution >= 0.6 is 0 Å². The van der Waals surface area contributed by atoms with E-state index in [4.69, 9.17) is 0 Å². The van der Waals surface area contributed by atoms with E-state index in [1.165, 1.54) is 36.4 Å². The molecule has 240 valence electrons. The Labute approximate surface area is 265 Å². The molecule has 2 aliphatic heterocycles. The van der Waals surface area contributed by atoms with Crippen molar-refractivity contribution >= 4 is 21.6 Å². The molecule has 0 aromatic heterocycles. The lowest BCUT2D eigenvalue weighted by atomic mass is 9.70. The zero-order valence-electron chi connectivity index (χ0n) is 25.1. The number of carbonyl (C=O) groups excluding carboxylic acids is 1. The highest BCUT2D eigenvalue weighted by Crippen LogP contribution is 2.57. The van der Waals surface area contributed by atoms with Crippen molar-refractivity contribution in [2.45, 2.75) is 55.4 Å². The molecule has 6 rings (SSSR count). The molecule has 2 heterocycles. The second kappa shape index (κ2) is 11.9. The van der Waals surface area contributed by atoms with E-state index in [2.05, 4.69) is 10.6 Å². The first-order valence-electron chi connectivity index (χ1n) is 15.1. The second-order valence-corrected chi connectivity index (χ2v) is 14.1. The van der Waals surface area contributed by atoms with Crippen LogP contribution < -0.4 is 14.5 Å². The number of fused-ring (bicyclic) bond motifs is 2. The SMILES string of the molecule is CC1C2(CCNCC2)c2cc(C(=O)NCc3ccccc3C(F)(F)F)ccc2[N+]1(Cc1ccccc1)S(=O)(=O)c1ccc(F)cc1. The molecule has 0 aliphatic carbocycles. The zero-order chi connectivity index (χ0) is 32.7. The van der Waals surface area contributed by atoms with Gasteiger partial charge in [0.1, 0.15) is 23.3 Å². The summed E-state index contributed by atoms with van der Waals surface area (Å²) in [4.78, 5) is 13.5. The maximum atomic E-state index is 14.9. The van der Waals surface area contributed by atoms with Gasteiger partial charge in [-0.15, -0.1) is 0 Å². The van der Waals surface area contributed by atoms with Crippen LogP contribution in [0.4, 0.5) is 23.2 Å². The molecule has 4 aromatic carbocycles. The fourth-order valence-corrected chi connectivity index (χ4v) is 9.53. The fraction of sp³-hybridized carbons (Fsp3) is 0.286. The molecule has 1 saturated heterocycles. The summed E-state index contributed by atoms with van der Waals surface area (Å²) in [6.07, 6.45) is -3.35. The van der Waals surface area contributed by atoms with E-state index in [0.717, 1.165) is 29.3 Å². The van der Waals surface area contributed by atoms with Crippen LogP contribution in [0.3, 0.4) is 0 Å². The molecule has 2 N–H and O–H groups in total. The maximum absolute atomic E-state index is 14.9. The Morgan fingerprint density at radius 1 is 0.935 bits per heavy atom. The van der Waals surface area contributed by atoms with Gasteiger partial charge in [-0.3, -0.25) is 4.79 Å². The molecule has 0 saturated carbocycles. The second-order valence-electron chi connectivity index (χ2n) is 12.0. The maximum Gasteiger partial charge on any atom is 0.416 e. The zero-order valence-corrected chi connectivity index (χ0v) is 26.0. The lowest BCUT2D eigenvalue weighted by Gasteiger charge is -2.43. The van der Waals surface area contributed by atoms with Crippen molar-refractivity contribution in [2.24, 2.45) is 0 Å². The molecular weight excluding hydrogens is 618 g/mol. The van der Waals surface area contributed by atoms with Gasteiger partial charge in [-0.05, 0) is 80.9 Å². The number of nitrogens with one attached hydrogen (secondary N) is 2. The van der Waals surface area contributed by atoms with Crippen molar-refractivity contribution < 1.29 is 30.8 Å². The molecule has 1 amide bonds. The minimum atomic E-state index is -4.57. The van der Waals surface area contributed by atoms with Crippen LogP contribution in [-0.4, -0.2) is 33.5 Å². The van der Waals surface area contributed by atoms with Crippen LogP contribution in [0.25, 0.3) is 0 Å². The van der Waals surface area contributed by atoms with Crippen molar-refractivity contribution in [3.05, 3.63) is 131 Å². The van der Waals surface area contributed by atoms with Gasteiger partial charge in [0.2, 0.25) is 0 Å². The van der Waals surface area contributed by atoms with Crippen LogP contribution in [-0.2, 0) is 34.7 Å². The van der Waals surface area contributed by atoms with Gasteiger partial charge in [-0.2, -0.15) is 25.5 Å². The molecule has 6 nitrogen and oxygen atoms in total. The molecule has 1 fully saturated rings. The summed E-state index contributed by atoms with van der Waals surface area (Å²) in [5.74, 6) is -1.11. The normalized spacial score (nSPS) is 20.8. The Morgan fingerprint density at radius 3 is 2.26 bits per heavy atom. The lowest BCUT2D eigenvalue weighted by molar-refractivity contribution is -0.138. The summed E-state index contributed by atoms with van der Waals surface area (Å²) in [7, 11) is -4.21. The Morgan fingerprint density at radius 2 is 1.59 bits per heavy atom. The molecule has 0 radical (unpaired) electrons. The third-order valence-corrected chi connectivity index (χ3v) is 12.1. The van der Waals surface area contributed by atoms with E-state index in [1.807, 2.05) is 37.3 Å². The van der Waals surface area contributed by atoms with Gasteiger partial charge in [0.25, 0.3) is 5.91 Å². The van der Waals surface area contributed by atoms with Gasteiger partial charge < -0.3 is 10.6 Å². The first-order chi connectivity index (χ1) is 21.9. The summed E-state index contributed by atoms with van der Waals surface area (Å²) >= 11 is 0. The number of nitrogens with zero attached hydrogens (tertiary/aromatic N) is 1. The number of benzene rings is 4. The number of carbonyl (C=O) groups is 1. The standard InChI is InChI=1S/C35H33F4N3O3S/c1-24-34(17-19-40-20-18-34)31-21-26(33(43)41-22-27-9-5-6-10-30(27)35(37,38)39)11-16-32(31)42(24,23-25-7-3-2-4-8-25)46(44,45)29-14-12-28(36)13-15-29/h2-16,21,24,40H,17-20,22-23H2,1H3/p+1. The average molecular weight is 653 g/mol. The highest BCUT2D eigenvalue weighted by Gasteiger charge is 2.65. The van der Waals surface area contributed by atoms with Gasteiger partial charge in [-0.25, -0.2) is 4.39 Å². The molecule has 1 spiro atoms. The number of hydrogen-bond acceptors (Lipinski definition) is 4. The number of hydrogen-bond donors (Lipinski definition) is 2. The molecule has 11 heteroatoms. The van der Waals surface area contributed by atoms with E-state index >= 15 is 0 Å². The van der Waals surface area contributed by atoms with Gasteiger partial charge in [0, 0.05) is 29.3 Å². The number of amides is 1. The van der Waals surface area contributed by atoms with E-state index in [1.54, 1.807) is 12.1 Å². The van der Waals surface area contributed by atoms with Crippen LogP contribution in [0, 0.1) is 5.82 Å². The monoisotopic (exact) mass is 652 g/mol. The summed E-state index contributed by atoms with van der Waals surface area (Å²) < 4.78 is 84.1. The van der Waals surface area contributed by atoms with Gasteiger partial charge >= 0.3 is 16.2 Å². The first-order valence-corrected chi connectivity index (χ1v) is 16.6. The Hall–Kier alpha value is -4.06. The molecule has 2 aliphatic rings. The first kappa shape index (κ1) is 31.9. The van der Waals surface area contributed by atoms with Crippen LogP contribution in [0.2, 0.25) is 0 Å². The van der Waals surface area contributed by atoms with Gasteiger partial charge in [0.15, 0.2) is 5.69 Å². The Balaban J connectivity index is 1.48.